The summed E-state index contributed by atoms with van der Waals surface area (Å²) in [6.07, 6.45) is 0.168. The average Bonchev–Trinajstić information content (AvgIpc) is 2.70. The first-order valence-electron chi connectivity index (χ1n) is 9.35. The number of rotatable bonds is 7. The van der Waals surface area contributed by atoms with Gasteiger partial charge in [-0.2, -0.15) is 0 Å². The number of nitrogens with zero attached hydrogens (tertiary/aromatic N) is 2. The fourth-order valence-electron chi connectivity index (χ4n) is 3.20. The third-order valence-corrected chi connectivity index (χ3v) is 5.19. The number of hydrogen-bond acceptors (Lipinski definition) is 4. The highest BCUT2D eigenvalue weighted by molar-refractivity contribution is 6.31. The number of piperazine rings is 1. The van der Waals surface area contributed by atoms with Gasteiger partial charge in [0.1, 0.15) is 11.6 Å². The second-order valence-electron chi connectivity index (χ2n) is 6.93. The zero-order valence-electron chi connectivity index (χ0n) is 15.9. The van der Waals surface area contributed by atoms with Gasteiger partial charge in [-0.1, -0.05) is 29.8 Å². The number of primary amides is 1. The Hall–Kier alpha value is -2.64. The van der Waals surface area contributed by atoms with Gasteiger partial charge in [0, 0.05) is 43.3 Å². The van der Waals surface area contributed by atoms with Crippen LogP contribution in [0, 0.1) is 5.82 Å². The van der Waals surface area contributed by atoms with Crippen molar-refractivity contribution in [2.24, 2.45) is 5.73 Å². The van der Waals surface area contributed by atoms with E-state index in [1.54, 1.807) is 41.3 Å². The Balaban J connectivity index is 1.44. The number of ether oxygens (including phenoxy) is 1. The van der Waals surface area contributed by atoms with E-state index in [9.17, 15) is 14.0 Å². The second-order valence-corrected chi connectivity index (χ2v) is 7.34. The predicted octanol–water partition coefficient (Wildman–Crippen LogP) is 2.23. The van der Waals surface area contributed by atoms with Crippen molar-refractivity contribution in [1.29, 1.82) is 0 Å². The van der Waals surface area contributed by atoms with E-state index in [4.69, 9.17) is 22.1 Å². The quantitative estimate of drug-likeness (QED) is 0.746. The molecule has 0 saturated carbocycles. The number of nitrogens with two attached hydrogens (primary N) is 1. The van der Waals surface area contributed by atoms with Crippen molar-refractivity contribution in [3.63, 3.8) is 0 Å². The van der Waals surface area contributed by atoms with Crippen LogP contribution in [-0.2, 0) is 22.6 Å². The Morgan fingerprint density at radius 3 is 2.38 bits per heavy atom. The van der Waals surface area contributed by atoms with Gasteiger partial charge in [0.25, 0.3) is 5.91 Å². The van der Waals surface area contributed by atoms with Gasteiger partial charge in [-0.15, -0.1) is 0 Å². The Morgan fingerprint density at radius 1 is 1.07 bits per heavy atom. The van der Waals surface area contributed by atoms with Crippen LogP contribution < -0.4 is 10.5 Å². The molecule has 2 amide bonds. The summed E-state index contributed by atoms with van der Waals surface area (Å²) in [5.41, 5.74) is 6.44. The average molecular weight is 420 g/mol. The molecule has 0 aromatic heterocycles. The van der Waals surface area contributed by atoms with Gasteiger partial charge < -0.3 is 15.4 Å². The zero-order chi connectivity index (χ0) is 20.8. The third-order valence-electron chi connectivity index (χ3n) is 4.83. The number of hydrogen-bond donors (Lipinski definition) is 1. The maximum atomic E-state index is 13.9. The van der Waals surface area contributed by atoms with Gasteiger partial charge in [-0.3, -0.25) is 14.5 Å². The van der Waals surface area contributed by atoms with Crippen LogP contribution in [0.3, 0.4) is 0 Å². The van der Waals surface area contributed by atoms with Crippen molar-refractivity contribution in [3.05, 3.63) is 64.4 Å². The summed E-state index contributed by atoms with van der Waals surface area (Å²) in [7, 11) is 0. The highest BCUT2D eigenvalue weighted by Crippen LogP contribution is 2.21. The summed E-state index contributed by atoms with van der Waals surface area (Å²) in [4.78, 5) is 27.1. The molecule has 2 aromatic rings. The minimum atomic E-state index is -0.398. The van der Waals surface area contributed by atoms with Crippen molar-refractivity contribution in [2.45, 2.75) is 13.0 Å². The molecule has 0 unspecified atom stereocenters. The number of carbonyl (C=O) groups excluding carboxylic acids is 2. The Kier molecular flexibility index (Phi) is 7.06. The first-order chi connectivity index (χ1) is 13.9. The number of halogens is 2. The fraction of sp³-hybridized carbons (Fsp3) is 0.333. The second kappa shape index (κ2) is 9.71. The van der Waals surface area contributed by atoms with Gasteiger partial charge in [-0.25, -0.2) is 4.39 Å². The molecule has 1 heterocycles. The topological polar surface area (TPSA) is 75.9 Å². The summed E-state index contributed by atoms with van der Waals surface area (Å²) >= 11 is 6.09. The van der Waals surface area contributed by atoms with E-state index in [0.29, 0.717) is 49.1 Å². The molecule has 1 aliphatic rings. The maximum absolute atomic E-state index is 13.9. The molecular weight excluding hydrogens is 397 g/mol. The van der Waals surface area contributed by atoms with Gasteiger partial charge >= 0.3 is 0 Å². The smallest absolute Gasteiger partial charge is 0.260 e. The molecule has 0 aliphatic carbocycles. The summed E-state index contributed by atoms with van der Waals surface area (Å²) in [6.45, 7) is 2.73. The van der Waals surface area contributed by atoms with Crippen LogP contribution in [-0.4, -0.2) is 54.4 Å². The van der Waals surface area contributed by atoms with Crippen molar-refractivity contribution in [2.75, 3.05) is 32.8 Å². The van der Waals surface area contributed by atoms with Gasteiger partial charge in [0.15, 0.2) is 6.61 Å². The lowest BCUT2D eigenvalue weighted by Crippen LogP contribution is -2.49. The van der Waals surface area contributed by atoms with E-state index in [1.165, 1.54) is 6.07 Å². The Bertz CT molecular complexity index is 848. The van der Waals surface area contributed by atoms with Crippen LogP contribution in [0.15, 0.2) is 42.5 Å². The molecule has 0 radical (unpaired) electrons. The van der Waals surface area contributed by atoms with Crippen molar-refractivity contribution < 1.29 is 18.7 Å². The zero-order valence-corrected chi connectivity index (χ0v) is 16.7. The minimum Gasteiger partial charge on any atom is -0.484 e. The Labute approximate surface area is 174 Å². The summed E-state index contributed by atoms with van der Waals surface area (Å²) in [6, 6.07) is 11.6. The Morgan fingerprint density at radius 2 is 1.76 bits per heavy atom. The van der Waals surface area contributed by atoms with Crippen LogP contribution in [0.2, 0.25) is 5.02 Å². The van der Waals surface area contributed by atoms with Crippen molar-refractivity contribution in [1.82, 2.24) is 9.80 Å². The molecule has 0 bridgehead atoms. The molecule has 2 aromatic carbocycles. The lowest BCUT2D eigenvalue weighted by atomic mass is 10.1. The number of amides is 2. The van der Waals surface area contributed by atoms with E-state index in [1.807, 2.05) is 0 Å². The van der Waals surface area contributed by atoms with Crippen molar-refractivity contribution in [3.8, 4) is 5.75 Å². The molecule has 3 rings (SSSR count). The molecular formula is C21H23ClFN3O3. The van der Waals surface area contributed by atoms with Gasteiger partial charge in [0.2, 0.25) is 5.91 Å². The molecule has 2 N–H and O–H groups in total. The van der Waals surface area contributed by atoms with E-state index in [0.717, 1.165) is 5.56 Å². The standard InChI is InChI=1S/C21H23ClFN3O3/c22-18-2-1-3-19(23)17(18)13-25-8-10-26(11-9-25)21(28)14-29-16-6-4-15(5-7-16)12-20(24)27/h1-7H,8-14H2,(H2,24,27). The molecule has 1 aliphatic heterocycles. The first-order valence-corrected chi connectivity index (χ1v) is 9.73. The molecule has 1 saturated heterocycles. The normalized spacial score (nSPS) is 14.6. The van der Waals surface area contributed by atoms with E-state index < -0.39 is 5.91 Å². The first kappa shape index (κ1) is 21.1. The van der Waals surface area contributed by atoms with Gasteiger partial charge in [-0.05, 0) is 29.8 Å². The van der Waals surface area contributed by atoms with Gasteiger partial charge in [0.05, 0.1) is 6.42 Å². The van der Waals surface area contributed by atoms with E-state index in [-0.39, 0.29) is 24.8 Å². The van der Waals surface area contributed by atoms with Crippen LogP contribution >= 0.6 is 11.6 Å². The largest absolute Gasteiger partial charge is 0.484 e. The highest BCUT2D eigenvalue weighted by atomic mass is 35.5. The fourth-order valence-corrected chi connectivity index (χ4v) is 3.43. The molecule has 8 heteroatoms. The lowest BCUT2D eigenvalue weighted by molar-refractivity contribution is -0.135. The van der Waals surface area contributed by atoms with Crippen LogP contribution in [0.1, 0.15) is 11.1 Å². The maximum Gasteiger partial charge on any atom is 0.260 e. The summed E-state index contributed by atoms with van der Waals surface area (Å²) in [5, 5.41) is 0.416. The lowest BCUT2D eigenvalue weighted by Gasteiger charge is -2.34. The molecule has 1 fully saturated rings. The molecule has 0 atom stereocenters. The summed E-state index contributed by atoms with van der Waals surface area (Å²) < 4.78 is 19.5. The molecule has 154 valence electrons. The molecule has 6 nitrogen and oxygen atoms in total. The SMILES string of the molecule is NC(=O)Cc1ccc(OCC(=O)N2CCN(Cc3c(F)cccc3Cl)CC2)cc1. The number of carbonyl (C=O) groups is 2. The monoisotopic (exact) mass is 419 g/mol. The molecule has 0 spiro atoms. The molecule has 29 heavy (non-hydrogen) atoms. The van der Waals surface area contributed by atoms with Crippen molar-refractivity contribution >= 4 is 23.4 Å². The van der Waals surface area contributed by atoms with Crippen LogP contribution in [0.25, 0.3) is 0 Å². The minimum absolute atomic E-state index is 0.0612. The van der Waals surface area contributed by atoms with E-state index in [2.05, 4.69) is 4.90 Å². The highest BCUT2D eigenvalue weighted by Gasteiger charge is 2.22. The predicted molar refractivity (Wildman–Crippen MR) is 108 cm³/mol. The van der Waals surface area contributed by atoms with Crippen LogP contribution in [0.5, 0.6) is 5.75 Å². The van der Waals surface area contributed by atoms with E-state index >= 15 is 0 Å². The number of benzene rings is 2. The summed E-state index contributed by atoms with van der Waals surface area (Å²) in [5.74, 6) is -0.259. The van der Waals surface area contributed by atoms with Crippen LogP contribution in [0.4, 0.5) is 4.39 Å². The third kappa shape index (κ3) is 5.92.